The Labute approximate surface area is 296 Å². The van der Waals surface area contributed by atoms with Gasteiger partial charge in [0.15, 0.2) is 0 Å². The van der Waals surface area contributed by atoms with E-state index in [2.05, 4.69) is 152 Å². The van der Waals surface area contributed by atoms with Crippen molar-refractivity contribution in [1.29, 1.82) is 0 Å². The predicted molar refractivity (Wildman–Crippen MR) is 201 cm³/mol. The van der Waals surface area contributed by atoms with Crippen LogP contribution < -0.4 is 0 Å². The van der Waals surface area contributed by atoms with Gasteiger partial charge in [0.1, 0.15) is 0 Å². The third kappa shape index (κ3) is 9.17. The second-order valence-electron chi connectivity index (χ2n) is 11.2. The number of benzene rings is 4. The Hall–Kier alpha value is -2.22. The molecule has 0 heterocycles. The third-order valence-corrected chi connectivity index (χ3v) is 7.72. The number of halogens is 2. The fraction of sp³-hybridized carbons (Fsp3) is 0.200. The molecule has 0 amide bonds. The molecule has 6 aromatic rings. The van der Waals surface area contributed by atoms with Crippen LogP contribution in [-0.4, -0.2) is 6.88 Å². The summed E-state index contributed by atoms with van der Waals surface area (Å²) in [4.78, 5) is 0. The molecule has 44 heavy (non-hydrogen) atoms. The Bertz CT molecular complexity index is 1740. The molecule has 0 aliphatic carbocycles. The summed E-state index contributed by atoms with van der Waals surface area (Å²) in [6.07, 6.45) is 0. The van der Waals surface area contributed by atoms with Gasteiger partial charge in [-0.05, 0) is 48.9 Å². The van der Waals surface area contributed by atoms with Gasteiger partial charge in [0, 0.05) is 0 Å². The van der Waals surface area contributed by atoms with Gasteiger partial charge in [0.25, 0.3) is 0 Å². The van der Waals surface area contributed by atoms with Crippen LogP contribution in [0.3, 0.4) is 0 Å². The van der Waals surface area contributed by atoms with Crippen LogP contribution in [0, 0.1) is 49.5 Å². The Morgan fingerprint density at radius 2 is 1.23 bits per heavy atom. The summed E-state index contributed by atoms with van der Waals surface area (Å²) in [5.41, 5.74) is 13.6. The van der Waals surface area contributed by atoms with E-state index < -0.39 is 0 Å². The molecule has 0 nitrogen and oxygen atoms in total. The van der Waals surface area contributed by atoms with Crippen molar-refractivity contribution in [1.82, 2.24) is 0 Å². The van der Waals surface area contributed by atoms with Crippen LogP contribution in [0.5, 0.6) is 0 Å². The van der Waals surface area contributed by atoms with E-state index in [1.165, 1.54) is 101 Å². The minimum atomic E-state index is 0. The van der Waals surface area contributed by atoms with E-state index in [-0.39, 0.29) is 39.7 Å². The molecule has 0 atom stereocenters. The molecule has 0 aliphatic heterocycles. The molecule has 0 aromatic heterocycles. The second-order valence-corrected chi connectivity index (χ2v) is 11.2. The molecule has 6 aromatic carbocycles. The number of aryl methyl sites for hydroxylation is 5. The van der Waals surface area contributed by atoms with Crippen molar-refractivity contribution in [2.45, 2.75) is 54.4 Å². The Kier molecular flexibility index (Phi) is 17.7. The van der Waals surface area contributed by atoms with Crippen molar-refractivity contribution in [3.63, 3.8) is 0 Å². The first-order chi connectivity index (χ1) is 19.2. The maximum atomic E-state index is 3.06. The zero-order chi connectivity index (χ0) is 29.0. The molecule has 0 saturated heterocycles. The molecule has 0 saturated carbocycles. The molecular formula is C40H46Cl2SiZr-4. The molecule has 0 aliphatic rings. The van der Waals surface area contributed by atoms with Crippen LogP contribution >= 0.6 is 24.8 Å². The first-order valence-corrected chi connectivity index (χ1v) is 18.2. The summed E-state index contributed by atoms with van der Waals surface area (Å²) < 4.78 is 0. The zero-order valence-corrected chi connectivity index (χ0v) is 32.7. The van der Waals surface area contributed by atoms with E-state index in [1.54, 1.807) is 0 Å². The van der Waals surface area contributed by atoms with Gasteiger partial charge in [-0.25, -0.2) is 0 Å². The Morgan fingerprint density at radius 3 is 1.82 bits per heavy atom. The normalized spacial score (nSPS) is 9.80. The Morgan fingerprint density at radius 1 is 0.614 bits per heavy atom. The fourth-order valence-electron chi connectivity index (χ4n) is 5.87. The molecule has 2 radical (unpaired) electrons. The third-order valence-electron chi connectivity index (χ3n) is 7.72. The van der Waals surface area contributed by atoms with E-state index in [0.29, 0.717) is 5.92 Å². The summed E-state index contributed by atoms with van der Waals surface area (Å²) in [5, 5.41) is 5.49. The molecule has 232 valence electrons. The van der Waals surface area contributed by atoms with Gasteiger partial charge >= 0.3 is 30.2 Å². The van der Waals surface area contributed by atoms with Gasteiger partial charge in [0.2, 0.25) is 0 Å². The molecular weight excluding hydrogens is 671 g/mol. The quantitative estimate of drug-likeness (QED) is 0.126. The van der Waals surface area contributed by atoms with Gasteiger partial charge in [-0.1, -0.05) is 99.0 Å². The number of fused-ring (bicyclic) bond motifs is 2. The van der Waals surface area contributed by atoms with Gasteiger partial charge < -0.3 is 14.9 Å². The van der Waals surface area contributed by atoms with Crippen molar-refractivity contribution < 1.29 is 23.3 Å². The van der Waals surface area contributed by atoms with E-state index in [4.69, 9.17) is 0 Å². The van der Waals surface area contributed by atoms with E-state index >= 15 is 0 Å². The van der Waals surface area contributed by atoms with Crippen molar-refractivity contribution >= 4 is 53.2 Å². The van der Waals surface area contributed by atoms with Crippen LogP contribution in [0.15, 0.2) is 97.1 Å². The summed E-state index contributed by atoms with van der Waals surface area (Å²) in [5.74, 6) is 0.584. The first kappa shape index (κ1) is 41.8. The van der Waals surface area contributed by atoms with Crippen LogP contribution in [0.25, 0.3) is 43.8 Å². The van der Waals surface area contributed by atoms with Gasteiger partial charge in [-0.15, -0.1) is 93.4 Å². The average molecular weight is 717 g/mol. The summed E-state index contributed by atoms with van der Waals surface area (Å²) in [7, 11) is 0. The average Bonchev–Trinajstić information content (AvgIpc) is 3.56. The van der Waals surface area contributed by atoms with Gasteiger partial charge in [0.05, 0.1) is 0 Å². The number of hydrogen-bond donors (Lipinski definition) is 0. The standard InChI is InChI=1S/C20H21.C18H17.2CH3.2ClH.Si.Zr/c1-12-8-15(4)20(16(5)9-12)17-7-6-14(3)18-10-13(2)11-19(17)18;1-13(2)16-11-15-9-6-10-17(18(15)12-16)14-7-4-3-5-8-14;;;;;;/h6-11H,1-5H3;3-13H,1-2H3;2*1H3;2*1H;;/q4*-1;;;;. The summed E-state index contributed by atoms with van der Waals surface area (Å²) in [6.45, 7) is 18.5. The summed E-state index contributed by atoms with van der Waals surface area (Å²) >= 11 is 1.36. The molecule has 0 fully saturated rings. The SMILES string of the molecule is CC(C)c1cc2c(-c3ccccc3)cccc2[cH-]1.Cc1cc(C)c(-c2ccc(C)c3[cH-]c(C)cc23)c(C)c1.Cl.Cl.[CH3-].[CH3-].[Si]=[Zr]. The maximum absolute atomic E-state index is 3.06. The number of hydrogen-bond acceptors (Lipinski definition) is 0. The monoisotopic (exact) mass is 714 g/mol. The molecule has 0 N–H and O–H groups in total. The van der Waals surface area contributed by atoms with Crippen molar-refractivity contribution in [3.8, 4) is 22.3 Å². The van der Waals surface area contributed by atoms with Crippen molar-refractivity contribution in [2.24, 2.45) is 0 Å². The van der Waals surface area contributed by atoms with Crippen LogP contribution in [0.2, 0.25) is 0 Å². The zero-order valence-electron chi connectivity index (χ0n) is 27.6. The second kappa shape index (κ2) is 18.7. The Balaban J connectivity index is 0.000000735. The van der Waals surface area contributed by atoms with E-state index in [0.717, 1.165) is 0 Å². The van der Waals surface area contributed by atoms with Crippen molar-refractivity contribution in [2.75, 3.05) is 0 Å². The van der Waals surface area contributed by atoms with E-state index in [9.17, 15) is 0 Å². The van der Waals surface area contributed by atoms with E-state index in [1.807, 2.05) is 0 Å². The predicted octanol–water partition coefficient (Wildman–Crippen LogP) is 12.5. The first-order valence-electron chi connectivity index (χ1n) is 14.0. The topological polar surface area (TPSA) is 0 Å². The minimum absolute atomic E-state index is 0. The molecule has 6 rings (SSSR count). The molecule has 0 unspecified atom stereocenters. The fourth-order valence-corrected chi connectivity index (χ4v) is 5.87. The van der Waals surface area contributed by atoms with Crippen molar-refractivity contribution in [3.05, 3.63) is 145 Å². The van der Waals surface area contributed by atoms with Crippen LogP contribution in [0.4, 0.5) is 0 Å². The molecule has 0 bridgehead atoms. The van der Waals surface area contributed by atoms with Gasteiger partial charge in [-0.3, -0.25) is 0 Å². The van der Waals surface area contributed by atoms with Crippen LogP contribution in [-0.2, 0) is 23.3 Å². The van der Waals surface area contributed by atoms with Gasteiger partial charge in [-0.2, -0.15) is 12.1 Å². The van der Waals surface area contributed by atoms with Crippen LogP contribution in [0.1, 0.15) is 53.1 Å². The number of rotatable bonds is 3. The summed E-state index contributed by atoms with van der Waals surface area (Å²) in [6, 6.07) is 35.5. The molecule has 4 heteroatoms. The molecule has 0 spiro atoms.